The molecule has 87 heavy (non-hydrogen) atoms. The lowest BCUT2D eigenvalue weighted by Crippen LogP contribution is -2.30. The number of aliphatic hydroxyl groups is 1. The summed E-state index contributed by atoms with van der Waals surface area (Å²) in [6, 6.07) is 0. The van der Waals surface area contributed by atoms with Crippen LogP contribution in [0.4, 0.5) is 0 Å². The van der Waals surface area contributed by atoms with Crippen molar-refractivity contribution in [1.29, 1.82) is 0 Å². The largest absolute Gasteiger partial charge is 0.472 e. The zero-order chi connectivity index (χ0) is 64.7. The monoisotopic (exact) mass is 1280 g/mol. The number of ether oxygens (including phenoxy) is 4. The second-order valence-electron chi connectivity index (χ2n) is 26.5. The van der Waals surface area contributed by atoms with E-state index in [0.29, 0.717) is 31.6 Å². The van der Waals surface area contributed by atoms with Crippen LogP contribution >= 0.6 is 15.6 Å². The molecule has 0 rings (SSSR count). The van der Waals surface area contributed by atoms with E-state index in [9.17, 15) is 43.2 Å². The summed E-state index contributed by atoms with van der Waals surface area (Å²) in [6.07, 6.45) is 39.1. The number of phosphoric ester groups is 2. The maximum atomic E-state index is 13.0. The predicted octanol–water partition coefficient (Wildman–Crippen LogP) is 18.9. The topological polar surface area (TPSA) is 237 Å². The Morgan fingerprint density at radius 3 is 0.713 bits per heavy atom. The molecule has 0 aliphatic carbocycles. The number of rotatable bonds is 65. The van der Waals surface area contributed by atoms with Gasteiger partial charge in [-0.05, 0) is 49.4 Å². The molecule has 0 radical (unpaired) electrons. The quantitative estimate of drug-likeness (QED) is 0.0222. The standard InChI is InChI=1S/C68H132O17P2/c1-58(2)44-36-28-20-14-10-9-11-17-25-34-42-50-67(72)84-63(54-78-65(70)48-40-32-23-16-13-12-15-21-29-37-45-59(3)4)56-82-86(74,75)80-52-62(69)53-81-87(76,77)83-57-64(85-68(73)51-43-35-27-26-31-39-47-61(7)8)55-79-66(71)49-41-33-24-19-18-22-30-38-46-60(5)6/h58-64,69H,9-57H2,1-8H3,(H,74,75)(H,76,77)/t62?,63-,64-/m1/s1. The van der Waals surface area contributed by atoms with E-state index in [1.807, 2.05) is 0 Å². The summed E-state index contributed by atoms with van der Waals surface area (Å²) in [5.41, 5.74) is 0. The van der Waals surface area contributed by atoms with E-state index in [1.165, 1.54) is 135 Å². The molecule has 0 spiro atoms. The lowest BCUT2D eigenvalue weighted by molar-refractivity contribution is -0.161. The summed E-state index contributed by atoms with van der Waals surface area (Å²) < 4.78 is 68.2. The Morgan fingerprint density at radius 2 is 0.483 bits per heavy atom. The van der Waals surface area contributed by atoms with Crippen LogP contribution in [-0.4, -0.2) is 96.7 Å². The highest BCUT2D eigenvalue weighted by Crippen LogP contribution is 2.45. The SMILES string of the molecule is CC(C)CCCCCCCCCCCCCC(=O)O[C@H](COC(=O)CCCCCCCCCCCCC(C)C)COP(=O)(O)OCC(O)COP(=O)(O)OC[C@@H](COC(=O)CCCCCCCCCCC(C)C)OC(=O)CCCCCCCCC(C)C. The number of carbonyl (C=O) groups is 4. The Hall–Kier alpha value is -1.94. The Labute approximate surface area is 530 Å². The first-order chi connectivity index (χ1) is 41.6. The lowest BCUT2D eigenvalue weighted by atomic mass is 10.0. The molecule has 0 saturated heterocycles. The van der Waals surface area contributed by atoms with Gasteiger partial charge in [0.05, 0.1) is 26.4 Å². The van der Waals surface area contributed by atoms with Crippen molar-refractivity contribution in [3.63, 3.8) is 0 Å². The highest BCUT2D eigenvalue weighted by Gasteiger charge is 2.30. The van der Waals surface area contributed by atoms with Crippen molar-refractivity contribution in [3.8, 4) is 0 Å². The summed E-state index contributed by atoms with van der Waals surface area (Å²) in [7, 11) is -9.90. The van der Waals surface area contributed by atoms with Gasteiger partial charge in [-0.3, -0.25) is 37.3 Å². The van der Waals surface area contributed by atoms with Gasteiger partial charge in [0.1, 0.15) is 19.3 Å². The Morgan fingerprint density at radius 1 is 0.287 bits per heavy atom. The molecule has 0 aromatic carbocycles. The van der Waals surface area contributed by atoms with E-state index < -0.39 is 97.5 Å². The summed E-state index contributed by atoms with van der Waals surface area (Å²) in [5, 5.41) is 10.6. The number of hydrogen-bond acceptors (Lipinski definition) is 15. The van der Waals surface area contributed by atoms with E-state index in [2.05, 4.69) is 55.4 Å². The van der Waals surface area contributed by atoms with E-state index in [-0.39, 0.29) is 25.7 Å². The summed E-state index contributed by atoms with van der Waals surface area (Å²) in [5.74, 6) is 0.783. The molecular weight excluding hydrogens is 1150 g/mol. The zero-order valence-corrected chi connectivity index (χ0v) is 58.4. The first kappa shape index (κ1) is 85.1. The van der Waals surface area contributed by atoms with Crippen LogP contribution in [-0.2, 0) is 65.4 Å². The van der Waals surface area contributed by atoms with Gasteiger partial charge in [0.25, 0.3) is 0 Å². The molecule has 0 heterocycles. The molecule has 19 heteroatoms. The van der Waals surface area contributed by atoms with Crippen LogP contribution in [0.15, 0.2) is 0 Å². The molecule has 0 amide bonds. The normalized spacial score (nSPS) is 14.3. The Kier molecular flexibility index (Phi) is 56.6. The summed E-state index contributed by atoms with van der Waals surface area (Å²) in [6.45, 7) is 14.0. The molecule has 516 valence electrons. The maximum absolute atomic E-state index is 13.0. The van der Waals surface area contributed by atoms with Gasteiger partial charge < -0.3 is 33.8 Å². The number of phosphoric acid groups is 2. The molecular formula is C68H132O17P2. The third-order valence-electron chi connectivity index (χ3n) is 15.6. The number of carbonyl (C=O) groups excluding carboxylic acids is 4. The number of aliphatic hydroxyl groups excluding tert-OH is 1. The summed E-state index contributed by atoms with van der Waals surface area (Å²) in [4.78, 5) is 72.4. The van der Waals surface area contributed by atoms with Crippen molar-refractivity contribution in [2.75, 3.05) is 39.6 Å². The fourth-order valence-electron chi connectivity index (χ4n) is 10.1. The molecule has 0 aliphatic rings. The van der Waals surface area contributed by atoms with E-state index in [0.717, 1.165) is 108 Å². The van der Waals surface area contributed by atoms with Crippen LogP contribution in [0.25, 0.3) is 0 Å². The minimum atomic E-state index is -4.95. The predicted molar refractivity (Wildman–Crippen MR) is 349 cm³/mol. The highest BCUT2D eigenvalue weighted by molar-refractivity contribution is 7.47. The average Bonchev–Trinajstić information content (AvgIpc) is 3.67. The fraction of sp³-hybridized carbons (Fsp3) is 0.941. The van der Waals surface area contributed by atoms with Gasteiger partial charge >= 0.3 is 39.5 Å². The van der Waals surface area contributed by atoms with Gasteiger partial charge in [0.2, 0.25) is 0 Å². The van der Waals surface area contributed by atoms with Crippen LogP contribution in [0.1, 0.15) is 331 Å². The lowest BCUT2D eigenvalue weighted by Gasteiger charge is -2.21. The first-order valence-corrected chi connectivity index (χ1v) is 38.2. The maximum Gasteiger partial charge on any atom is 0.472 e. The average molecular weight is 1280 g/mol. The van der Waals surface area contributed by atoms with Gasteiger partial charge in [-0.15, -0.1) is 0 Å². The van der Waals surface area contributed by atoms with Crippen molar-refractivity contribution in [2.24, 2.45) is 23.7 Å². The molecule has 0 aromatic heterocycles. The molecule has 0 fully saturated rings. The van der Waals surface area contributed by atoms with Crippen molar-refractivity contribution < 1.29 is 80.2 Å². The Balaban J connectivity index is 5.24. The van der Waals surface area contributed by atoms with Gasteiger partial charge in [-0.2, -0.15) is 0 Å². The van der Waals surface area contributed by atoms with E-state index >= 15 is 0 Å². The number of hydrogen-bond donors (Lipinski definition) is 3. The first-order valence-electron chi connectivity index (χ1n) is 35.2. The zero-order valence-electron chi connectivity index (χ0n) is 56.6. The minimum Gasteiger partial charge on any atom is -0.462 e. The van der Waals surface area contributed by atoms with Crippen LogP contribution in [0.2, 0.25) is 0 Å². The third-order valence-corrected chi connectivity index (χ3v) is 17.5. The molecule has 3 unspecified atom stereocenters. The molecule has 17 nitrogen and oxygen atoms in total. The molecule has 0 bridgehead atoms. The van der Waals surface area contributed by atoms with E-state index in [1.54, 1.807) is 0 Å². The van der Waals surface area contributed by atoms with Gasteiger partial charge in [0.15, 0.2) is 12.2 Å². The second-order valence-corrected chi connectivity index (χ2v) is 29.4. The van der Waals surface area contributed by atoms with E-state index in [4.69, 9.17) is 37.0 Å². The molecule has 0 aromatic rings. The van der Waals surface area contributed by atoms with Crippen molar-refractivity contribution in [3.05, 3.63) is 0 Å². The van der Waals surface area contributed by atoms with Crippen molar-refractivity contribution >= 4 is 39.5 Å². The summed E-state index contributed by atoms with van der Waals surface area (Å²) >= 11 is 0. The molecule has 0 aliphatic heterocycles. The Bertz CT molecular complexity index is 1730. The van der Waals surface area contributed by atoms with Crippen molar-refractivity contribution in [1.82, 2.24) is 0 Å². The smallest absolute Gasteiger partial charge is 0.462 e. The van der Waals surface area contributed by atoms with Gasteiger partial charge in [0, 0.05) is 25.7 Å². The van der Waals surface area contributed by atoms with Crippen LogP contribution < -0.4 is 0 Å². The molecule has 3 N–H and O–H groups in total. The van der Waals surface area contributed by atoms with Crippen molar-refractivity contribution in [2.45, 2.75) is 350 Å². The molecule has 0 saturated carbocycles. The number of unbranched alkanes of at least 4 members (excludes halogenated alkanes) is 31. The number of esters is 4. The van der Waals surface area contributed by atoms with Crippen LogP contribution in [0.3, 0.4) is 0 Å². The minimum absolute atomic E-state index is 0.101. The van der Waals surface area contributed by atoms with Gasteiger partial charge in [-0.25, -0.2) is 9.13 Å². The van der Waals surface area contributed by atoms with Gasteiger partial charge in [-0.1, -0.05) is 280 Å². The highest BCUT2D eigenvalue weighted by atomic mass is 31.2. The van der Waals surface area contributed by atoms with Crippen LogP contribution in [0, 0.1) is 23.7 Å². The van der Waals surface area contributed by atoms with Crippen LogP contribution in [0.5, 0.6) is 0 Å². The third kappa shape index (κ3) is 62.6. The fourth-order valence-corrected chi connectivity index (χ4v) is 11.7. The second kappa shape index (κ2) is 57.9. The molecule has 5 atom stereocenters.